The number of rotatable bonds is 4. The minimum absolute atomic E-state index is 0.770. The molecule has 3 nitrogen and oxygen atoms in total. The van der Waals surface area contributed by atoms with E-state index in [1.807, 2.05) is 26.2 Å². The zero-order valence-corrected chi connectivity index (χ0v) is 12.1. The van der Waals surface area contributed by atoms with E-state index in [9.17, 15) is 0 Å². The van der Waals surface area contributed by atoms with E-state index in [0.717, 1.165) is 34.6 Å². The maximum absolute atomic E-state index is 6.32. The molecule has 1 aromatic carbocycles. The van der Waals surface area contributed by atoms with E-state index < -0.39 is 0 Å². The van der Waals surface area contributed by atoms with Gasteiger partial charge in [0.05, 0.1) is 17.6 Å². The van der Waals surface area contributed by atoms with Crippen LogP contribution in [-0.2, 0) is 13.5 Å². The summed E-state index contributed by atoms with van der Waals surface area (Å²) < 4.78 is 7.62. The van der Waals surface area contributed by atoms with Crippen LogP contribution in [0.1, 0.15) is 11.3 Å². The molecule has 0 radical (unpaired) electrons. The molecule has 0 aliphatic carbocycles. The molecule has 4 heteroatoms. The van der Waals surface area contributed by atoms with Crippen molar-refractivity contribution in [3.8, 4) is 5.75 Å². The molecule has 0 spiro atoms. The molecule has 0 atom stereocenters. The first-order valence-corrected chi connectivity index (χ1v) is 6.44. The minimum atomic E-state index is 0.770. The first-order valence-electron chi connectivity index (χ1n) is 6.06. The first kappa shape index (κ1) is 13.2. The molecule has 2 rings (SSSR count). The molecule has 2 aromatic rings. The number of likely N-dealkylation sites (N-methyl/N-ethyl adjacent to an activating group) is 1. The Morgan fingerprint density at radius 1 is 1.39 bits per heavy atom. The normalized spacial score (nSPS) is 11.2. The fourth-order valence-electron chi connectivity index (χ4n) is 2.44. The highest BCUT2D eigenvalue weighted by Crippen LogP contribution is 2.37. The summed E-state index contributed by atoms with van der Waals surface area (Å²) in [6.45, 7) is 3.07. The fourth-order valence-corrected chi connectivity index (χ4v) is 2.73. The largest absolute Gasteiger partial charge is 0.496 e. The summed E-state index contributed by atoms with van der Waals surface area (Å²) in [5, 5.41) is 5.10. The van der Waals surface area contributed by atoms with Gasteiger partial charge in [-0.1, -0.05) is 11.6 Å². The molecular formula is C14H19ClN2O. The van der Waals surface area contributed by atoms with Crippen LogP contribution in [0.15, 0.2) is 12.1 Å². The van der Waals surface area contributed by atoms with Crippen molar-refractivity contribution >= 4 is 22.5 Å². The number of nitrogens with one attached hydrogen (secondary N) is 1. The minimum Gasteiger partial charge on any atom is -0.496 e. The highest BCUT2D eigenvalue weighted by atomic mass is 35.5. The van der Waals surface area contributed by atoms with E-state index in [1.54, 1.807) is 7.11 Å². The second-order valence-corrected chi connectivity index (χ2v) is 4.86. The molecule has 0 amide bonds. The summed E-state index contributed by atoms with van der Waals surface area (Å²) in [5.41, 5.74) is 3.60. The average Bonchev–Trinajstić information content (AvgIpc) is 2.62. The third-order valence-electron chi connectivity index (χ3n) is 3.51. The maximum Gasteiger partial charge on any atom is 0.128 e. The van der Waals surface area contributed by atoms with Gasteiger partial charge in [-0.15, -0.1) is 0 Å². The van der Waals surface area contributed by atoms with Gasteiger partial charge in [-0.25, -0.2) is 0 Å². The van der Waals surface area contributed by atoms with E-state index in [1.165, 1.54) is 11.3 Å². The lowest BCUT2D eigenvalue weighted by Crippen LogP contribution is -2.11. The van der Waals surface area contributed by atoms with Crippen LogP contribution in [0.5, 0.6) is 5.75 Å². The second-order valence-electron chi connectivity index (χ2n) is 4.45. The first-order chi connectivity index (χ1) is 8.61. The van der Waals surface area contributed by atoms with Crippen molar-refractivity contribution in [3.63, 3.8) is 0 Å². The van der Waals surface area contributed by atoms with E-state index in [-0.39, 0.29) is 0 Å². The van der Waals surface area contributed by atoms with Crippen LogP contribution in [-0.4, -0.2) is 25.3 Å². The Hall–Kier alpha value is -1.19. The van der Waals surface area contributed by atoms with E-state index in [0.29, 0.717) is 0 Å². The summed E-state index contributed by atoms with van der Waals surface area (Å²) in [4.78, 5) is 0. The van der Waals surface area contributed by atoms with Gasteiger partial charge in [-0.05, 0) is 44.6 Å². The van der Waals surface area contributed by atoms with Crippen molar-refractivity contribution in [2.45, 2.75) is 13.3 Å². The van der Waals surface area contributed by atoms with Crippen molar-refractivity contribution in [1.82, 2.24) is 9.88 Å². The fraction of sp³-hybridized carbons (Fsp3) is 0.429. The molecule has 18 heavy (non-hydrogen) atoms. The van der Waals surface area contributed by atoms with Crippen LogP contribution < -0.4 is 10.1 Å². The van der Waals surface area contributed by atoms with Crippen molar-refractivity contribution in [1.29, 1.82) is 0 Å². The van der Waals surface area contributed by atoms with Gasteiger partial charge in [0.2, 0.25) is 0 Å². The summed E-state index contributed by atoms with van der Waals surface area (Å²) in [6.07, 6.45) is 0.969. The molecule has 0 saturated carbocycles. The Bertz CT molecular complexity index is 575. The number of aryl methyl sites for hydroxylation is 1. The Kier molecular flexibility index (Phi) is 3.83. The van der Waals surface area contributed by atoms with E-state index in [4.69, 9.17) is 16.3 Å². The molecule has 0 aliphatic heterocycles. The molecule has 0 aliphatic rings. The summed E-state index contributed by atoms with van der Waals surface area (Å²) in [7, 11) is 5.71. The number of hydrogen-bond acceptors (Lipinski definition) is 2. The van der Waals surface area contributed by atoms with Crippen molar-refractivity contribution < 1.29 is 4.74 Å². The predicted molar refractivity (Wildman–Crippen MR) is 76.8 cm³/mol. The number of aromatic nitrogens is 1. The molecular weight excluding hydrogens is 248 g/mol. The van der Waals surface area contributed by atoms with Crippen LogP contribution >= 0.6 is 11.6 Å². The molecule has 98 valence electrons. The Morgan fingerprint density at radius 2 is 2.11 bits per heavy atom. The molecule has 0 bridgehead atoms. The number of halogens is 1. The van der Waals surface area contributed by atoms with Gasteiger partial charge in [0, 0.05) is 18.1 Å². The molecule has 0 unspecified atom stereocenters. The zero-order valence-electron chi connectivity index (χ0n) is 11.3. The number of ether oxygens (including phenoxy) is 1. The van der Waals surface area contributed by atoms with Gasteiger partial charge in [0.1, 0.15) is 5.75 Å². The topological polar surface area (TPSA) is 26.2 Å². The molecule has 0 saturated heterocycles. The van der Waals surface area contributed by atoms with Crippen LogP contribution in [0.4, 0.5) is 0 Å². The highest BCUT2D eigenvalue weighted by Gasteiger charge is 2.17. The van der Waals surface area contributed by atoms with Gasteiger partial charge in [-0.2, -0.15) is 0 Å². The van der Waals surface area contributed by atoms with Gasteiger partial charge in [0.15, 0.2) is 0 Å². The average molecular weight is 267 g/mol. The maximum atomic E-state index is 6.32. The number of methoxy groups -OCH3 is 1. The van der Waals surface area contributed by atoms with Gasteiger partial charge in [0.25, 0.3) is 0 Å². The van der Waals surface area contributed by atoms with Crippen molar-refractivity contribution in [2.75, 3.05) is 20.7 Å². The van der Waals surface area contributed by atoms with Crippen LogP contribution in [0.3, 0.4) is 0 Å². The Labute approximate surface area is 113 Å². The van der Waals surface area contributed by atoms with Gasteiger partial charge in [-0.3, -0.25) is 0 Å². The molecule has 0 fully saturated rings. The standard InChI is InChI=1S/C14H19ClN2O/c1-9-10(7-8-16-2)13-12(18-4)6-5-11(15)14(13)17(9)3/h5-6,16H,7-8H2,1-4H3. The molecule has 1 N–H and O–H groups in total. The third-order valence-corrected chi connectivity index (χ3v) is 3.82. The van der Waals surface area contributed by atoms with Crippen LogP contribution in [0.2, 0.25) is 5.02 Å². The summed E-state index contributed by atoms with van der Waals surface area (Å²) in [5.74, 6) is 0.893. The smallest absolute Gasteiger partial charge is 0.128 e. The second kappa shape index (κ2) is 5.21. The lowest BCUT2D eigenvalue weighted by atomic mass is 10.1. The SMILES string of the molecule is CNCCc1c(C)n(C)c2c(Cl)ccc(OC)c12. The van der Waals surface area contributed by atoms with Crippen molar-refractivity contribution in [2.24, 2.45) is 7.05 Å². The van der Waals surface area contributed by atoms with Crippen LogP contribution in [0, 0.1) is 6.92 Å². The Balaban J connectivity index is 2.75. The van der Waals surface area contributed by atoms with E-state index >= 15 is 0 Å². The monoisotopic (exact) mass is 266 g/mol. The molecule has 1 aromatic heterocycles. The lowest BCUT2D eigenvalue weighted by molar-refractivity contribution is 0.419. The number of hydrogen-bond donors (Lipinski definition) is 1. The van der Waals surface area contributed by atoms with E-state index in [2.05, 4.69) is 16.8 Å². The highest BCUT2D eigenvalue weighted by molar-refractivity contribution is 6.35. The zero-order chi connectivity index (χ0) is 13.3. The third kappa shape index (κ3) is 1.98. The number of fused-ring (bicyclic) bond motifs is 1. The quantitative estimate of drug-likeness (QED) is 0.921. The summed E-state index contributed by atoms with van der Waals surface area (Å²) >= 11 is 6.32. The lowest BCUT2D eigenvalue weighted by Gasteiger charge is -2.06. The van der Waals surface area contributed by atoms with Gasteiger partial charge < -0.3 is 14.6 Å². The molecule has 1 heterocycles. The number of nitrogens with zero attached hydrogens (tertiary/aromatic N) is 1. The summed E-state index contributed by atoms with van der Waals surface area (Å²) in [6, 6.07) is 3.83. The number of benzene rings is 1. The predicted octanol–water partition coefficient (Wildman–Crippen LogP) is 2.91. The van der Waals surface area contributed by atoms with Crippen LogP contribution in [0.25, 0.3) is 10.9 Å². The van der Waals surface area contributed by atoms with Gasteiger partial charge >= 0.3 is 0 Å². The Morgan fingerprint density at radius 3 is 2.72 bits per heavy atom. The van der Waals surface area contributed by atoms with Crippen molar-refractivity contribution in [3.05, 3.63) is 28.4 Å².